The smallest absolute Gasteiger partial charge is 0.0625 e. The summed E-state index contributed by atoms with van der Waals surface area (Å²) < 4.78 is 0. The molecule has 0 aromatic heterocycles. The molecule has 0 spiro atoms. The first-order chi connectivity index (χ1) is 11.5. The van der Waals surface area contributed by atoms with Crippen molar-refractivity contribution in [2.75, 3.05) is 0 Å². The molecule has 3 aromatic carbocycles. The van der Waals surface area contributed by atoms with Crippen molar-refractivity contribution in [3.05, 3.63) is 88.5 Å². The molecule has 24 heavy (non-hydrogen) atoms. The second-order valence-corrected chi connectivity index (χ2v) is 9.57. The first-order valence-corrected chi connectivity index (χ1v) is 10.4. The van der Waals surface area contributed by atoms with Gasteiger partial charge in [0, 0.05) is 0 Å². The van der Waals surface area contributed by atoms with E-state index in [1.807, 2.05) is 0 Å². The molecular formula is C23H26Si. The summed E-state index contributed by atoms with van der Waals surface area (Å²) in [5, 5.41) is 4.60. The van der Waals surface area contributed by atoms with Crippen molar-refractivity contribution in [1.82, 2.24) is 0 Å². The summed E-state index contributed by atoms with van der Waals surface area (Å²) in [4.78, 5) is 0. The molecule has 3 rings (SSSR count). The molecule has 3 aromatic rings. The van der Waals surface area contributed by atoms with Crippen molar-refractivity contribution in [1.29, 1.82) is 0 Å². The topological polar surface area (TPSA) is 0 Å². The minimum absolute atomic E-state index is 1.45. The van der Waals surface area contributed by atoms with Crippen molar-refractivity contribution in [3.8, 4) is 0 Å². The van der Waals surface area contributed by atoms with Crippen LogP contribution >= 0.6 is 0 Å². The Morgan fingerprint density at radius 3 is 1.17 bits per heavy atom. The van der Waals surface area contributed by atoms with Crippen molar-refractivity contribution < 1.29 is 0 Å². The molecule has 0 aliphatic rings. The quantitative estimate of drug-likeness (QED) is 0.509. The van der Waals surface area contributed by atoms with E-state index in [1.165, 1.54) is 38.2 Å². The largest absolute Gasteiger partial charge is 0.133 e. The first-order valence-electron chi connectivity index (χ1n) is 8.69. The third-order valence-corrected chi connectivity index (χ3v) is 9.16. The Kier molecular flexibility index (Phi) is 4.73. The Morgan fingerprint density at radius 1 is 0.458 bits per heavy atom. The molecule has 0 saturated carbocycles. The summed E-state index contributed by atoms with van der Waals surface area (Å²) in [5.41, 5.74) is 7.33. The number of rotatable bonds is 3. The van der Waals surface area contributed by atoms with Gasteiger partial charge in [-0.2, -0.15) is 0 Å². The van der Waals surface area contributed by atoms with Gasteiger partial charge in [-0.15, -0.1) is 0 Å². The average Bonchev–Trinajstić information content (AvgIpc) is 2.63. The van der Waals surface area contributed by atoms with Gasteiger partial charge in [0.15, 0.2) is 0 Å². The number of benzene rings is 3. The molecule has 0 unspecified atom stereocenters. The van der Waals surface area contributed by atoms with E-state index in [-0.39, 0.29) is 0 Å². The molecule has 0 saturated heterocycles. The zero-order valence-corrected chi connectivity index (χ0v) is 16.5. The van der Waals surface area contributed by atoms with E-state index in [0.29, 0.717) is 0 Å². The lowest BCUT2D eigenvalue weighted by Crippen LogP contribution is -2.54. The second-order valence-electron chi connectivity index (χ2n) is 6.79. The summed E-state index contributed by atoms with van der Waals surface area (Å²) >= 11 is 0. The van der Waals surface area contributed by atoms with Gasteiger partial charge in [-0.25, -0.2) is 0 Å². The summed E-state index contributed by atoms with van der Waals surface area (Å²) in [6.07, 6.45) is 0. The highest BCUT2D eigenvalue weighted by atomic mass is 28.3. The maximum Gasteiger partial charge on any atom is 0.133 e. The molecule has 0 fully saturated rings. The third-order valence-electron chi connectivity index (χ3n) is 5.61. The van der Waals surface area contributed by atoms with Gasteiger partial charge in [-0.05, 0) is 67.6 Å². The minimum atomic E-state index is -1.46. The maximum absolute atomic E-state index is 2.32. The van der Waals surface area contributed by atoms with Gasteiger partial charge in [-0.3, -0.25) is 0 Å². The Labute approximate surface area is 147 Å². The molecule has 0 N–H and O–H groups in total. The summed E-state index contributed by atoms with van der Waals surface area (Å²) in [6, 6.07) is 22.2. The molecule has 0 aliphatic heterocycles. The van der Waals surface area contributed by atoms with Crippen LogP contribution < -0.4 is 15.6 Å². The van der Waals surface area contributed by atoms with E-state index in [1.54, 1.807) is 5.19 Å². The highest BCUT2D eigenvalue weighted by Crippen LogP contribution is 2.19. The predicted octanol–water partition coefficient (Wildman–Crippen LogP) is 3.48. The maximum atomic E-state index is 2.32. The Bertz CT molecular complexity index is 780. The van der Waals surface area contributed by atoms with Gasteiger partial charge in [0.1, 0.15) is 8.80 Å². The third kappa shape index (κ3) is 2.85. The fourth-order valence-corrected chi connectivity index (χ4v) is 7.34. The van der Waals surface area contributed by atoms with Crippen molar-refractivity contribution in [3.63, 3.8) is 0 Å². The molecule has 0 heterocycles. The van der Waals surface area contributed by atoms with Crippen LogP contribution in [0.25, 0.3) is 0 Å². The lowest BCUT2D eigenvalue weighted by molar-refractivity contribution is 1.19. The zero-order valence-electron chi connectivity index (χ0n) is 15.4. The first kappa shape index (κ1) is 16.7. The molecule has 0 radical (unpaired) electrons. The van der Waals surface area contributed by atoms with Crippen LogP contribution in [0.1, 0.15) is 27.8 Å². The van der Waals surface area contributed by atoms with E-state index in [0.717, 1.165) is 0 Å². The van der Waals surface area contributed by atoms with Crippen LogP contribution in [0, 0.1) is 34.6 Å². The second kappa shape index (κ2) is 6.78. The molecule has 1 heteroatoms. The van der Waals surface area contributed by atoms with Crippen LogP contribution in [-0.4, -0.2) is 8.80 Å². The van der Waals surface area contributed by atoms with Crippen LogP contribution in [0.5, 0.6) is 0 Å². The van der Waals surface area contributed by atoms with Gasteiger partial charge in [0.25, 0.3) is 0 Å². The van der Waals surface area contributed by atoms with Crippen LogP contribution in [0.3, 0.4) is 0 Å². The molecular weight excluding hydrogens is 304 g/mol. The highest BCUT2D eigenvalue weighted by molar-refractivity contribution is 6.96. The minimum Gasteiger partial charge on any atom is -0.0625 e. The Morgan fingerprint density at radius 2 is 0.792 bits per heavy atom. The molecule has 0 nitrogen and oxygen atoms in total. The summed E-state index contributed by atoms with van der Waals surface area (Å²) in [7, 11) is -1.46. The van der Waals surface area contributed by atoms with Crippen LogP contribution in [0.15, 0.2) is 60.7 Å². The van der Waals surface area contributed by atoms with Gasteiger partial charge in [0.05, 0.1) is 0 Å². The zero-order chi connectivity index (χ0) is 17.3. The Hall–Kier alpha value is -2.12. The normalized spacial score (nSPS) is 11.1. The van der Waals surface area contributed by atoms with E-state index < -0.39 is 8.80 Å². The number of hydrogen-bond acceptors (Lipinski definition) is 0. The van der Waals surface area contributed by atoms with Gasteiger partial charge in [-0.1, -0.05) is 71.0 Å². The van der Waals surface area contributed by atoms with Crippen LogP contribution in [0.4, 0.5) is 0 Å². The average molecular weight is 331 g/mol. The summed E-state index contributed by atoms with van der Waals surface area (Å²) in [6.45, 7) is 11.5. The molecule has 0 atom stereocenters. The number of hydrogen-bond donors (Lipinski definition) is 0. The lowest BCUT2D eigenvalue weighted by Gasteiger charge is -2.25. The van der Waals surface area contributed by atoms with E-state index in [9.17, 15) is 0 Å². The SMILES string of the molecule is Cc1c(C)c(C)c([SiH](c2ccccc2)c2ccccc2)c(C)c1C. The van der Waals surface area contributed by atoms with Crippen molar-refractivity contribution in [2.45, 2.75) is 34.6 Å². The summed E-state index contributed by atoms with van der Waals surface area (Å²) in [5.74, 6) is 0. The van der Waals surface area contributed by atoms with Crippen LogP contribution in [-0.2, 0) is 0 Å². The van der Waals surface area contributed by atoms with Crippen molar-refractivity contribution in [2.24, 2.45) is 0 Å². The van der Waals surface area contributed by atoms with Gasteiger partial charge >= 0.3 is 0 Å². The molecule has 0 aliphatic carbocycles. The van der Waals surface area contributed by atoms with Gasteiger partial charge in [0.2, 0.25) is 0 Å². The lowest BCUT2D eigenvalue weighted by atomic mass is 9.95. The van der Waals surface area contributed by atoms with E-state index in [2.05, 4.69) is 95.3 Å². The van der Waals surface area contributed by atoms with E-state index in [4.69, 9.17) is 0 Å². The Balaban J connectivity index is 2.33. The monoisotopic (exact) mass is 330 g/mol. The fraction of sp³-hybridized carbons (Fsp3) is 0.217. The standard InChI is InChI=1S/C23H26Si/c1-16-17(2)19(4)23(20(5)18(16)3)24(21-12-8-6-9-13-21)22-14-10-7-11-15-22/h6-15,24H,1-5H3. The predicted molar refractivity (Wildman–Crippen MR) is 109 cm³/mol. The van der Waals surface area contributed by atoms with Crippen molar-refractivity contribution >= 4 is 24.4 Å². The molecule has 0 bridgehead atoms. The van der Waals surface area contributed by atoms with Gasteiger partial charge < -0.3 is 0 Å². The fourth-order valence-electron chi connectivity index (χ4n) is 3.78. The molecule has 0 amide bonds. The van der Waals surface area contributed by atoms with Crippen LogP contribution in [0.2, 0.25) is 0 Å². The molecule has 122 valence electrons. The highest BCUT2D eigenvalue weighted by Gasteiger charge is 2.24. The van der Waals surface area contributed by atoms with E-state index >= 15 is 0 Å².